The monoisotopic (exact) mass is 283 g/mol. The quantitative estimate of drug-likeness (QED) is 0.742. The van der Waals surface area contributed by atoms with Gasteiger partial charge in [-0.1, -0.05) is 24.3 Å². The number of rotatable bonds is 4. The molecule has 1 aliphatic carbocycles. The van der Waals surface area contributed by atoms with Crippen LogP contribution < -0.4 is 16.4 Å². The van der Waals surface area contributed by atoms with Crippen molar-refractivity contribution in [1.82, 2.24) is 10.6 Å². The van der Waals surface area contributed by atoms with Gasteiger partial charge >= 0.3 is 0 Å². The van der Waals surface area contributed by atoms with Crippen molar-refractivity contribution in [2.45, 2.75) is 18.9 Å². The van der Waals surface area contributed by atoms with Crippen LogP contribution in [-0.4, -0.2) is 24.4 Å². The van der Waals surface area contributed by atoms with E-state index >= 15 is 0 Å². The Kier molecular flexibility index (Phi) is 3.48. The Morgan fingerprint density at radius 3 is 2.48 bits per heavy atom. The lowest BCUT2D eigenvalue weighted by molar-refractivity contribution is -0.120. The second kappa shape index (κ2) is 5.44. The maximum atomic E-state index is 12.1. The van der Waals surface area contributed by atoms with Crippen LogP contribution in [-0.2, 0) is 4.79 Å². The molecular formula is C16H17N3O2. The number of anilines is 1. The minimum absolute atomic E-state index is 0.0262. The van der Waals surface area contributed by atoms with Crippen LogP contribution >= 0.6 is 0 Å². The van der Waals surface area contributed by atoms with Gasteiger partial charge in [0.15, 0.2) is 0 Å². The van der Waals surface area contributed by atoms with Gasteiger partial charge in [-0.3, -0.25) is 9.59 Å². The molecule has 3 rings (SSSR count). The van der Waals surface area contributed by atoms with E-state index in [1.165, 1.54) is 0 Å². The van der Waals surface area contributed by atoms with Gasteiger partial charge in [0, 0.05) is 11.7 Å². The number of fused-ring (bicyclic) bond motifs is 1. The Morgan fingerprint density at radius 1 is 1.14 bits per heavy atom. The van der Waals surface area contributed by atoms with Crippen LogP contribution in [0, 0.1) is 0 Å². The van der Waals surface area contributed by atoms with Crippen molar-refractivity contribution < 1.29 is 9.59 Å². The SMILES string of the molecule is Nc1cc2ccccc2cc1C(=O)NCC(=O)NC1CC1. The highest BCUT2D eigenvalue weighted by molar-refractivity contribution is 6.04. The predicted octanol–water partition coefficient (Wildman–Crippen LogP) is 1.43. The molecule has 1 saturated carbocycles. The van der Waals surface area contributed by atoms with Gasteiger partial charge in [0.25, 0.3) is 5.91 Å². The number of carbonyl (C=O) groups excluding carboxylic acids is 2. The highest BCUT2D eigenvalue weighted by Gasteiger charge is 2.23. The van der Waals surface area contributed by atoms with Crippen LogP contribution in [0.15, 0.2) is 36.4 Å². The summed E-state index contributed by atoms with van der Waals surface area (Å²) in [6.07, 6.45) is 2.05. The van der Waals surface area contributed by atoms with Gasteiger partial charge in [0.2, 0.25) is 5.91 Å². The standard InChI is InChI=1S/C16H17N3O2/c17-14-8-11-4-2-1-3-10(11)7-13(14)16(21)18-9-15(20)19-12-5-6-12/h1-4,7-8,12H,5-6,9,17H2,(H,18,21)(H,19,20). The summed E-state index contributed by atoms with van der Waals surface area (Å²) in [5.41, 5.74) is 6.73. The Hall–Kier alpha value is -2.56. The first-order chi connectivity index (χ1) is 10.1. The van der Waals surface area contributed by atoms with E-state index in [4.69, 9.17) is 5.73 Å². The van der Waals surface area contributed by atoms with Crippen LogP contribution in [0.5, 0.6) is 0 Å². The first-order valence-corrected chi connectivity index (χ1v) is 6.99. The number of benzene rings is 2. The molecular weight excluding hydrogens is 266 g/mol. The number of hydrogen-bond acceptors (Lipinski definition) is 3. The molecule has 0 radical (unpaired) electrons. The first kappa shape index (κ1) is 13.4. The van der Waals surface area contributed by atoms with Gasteiger partial charge < -0.3 is 16.4 Å². The van der Waals surface area contributed by atoms with E-state index in [0.29, 0.717) is 17.3 Å². The molecule has 0 bridgehead atoms. The fourth-order valence-electron chi connectivity index (χ4n) is 2.22. The van der Waals surface area contributed by atoms with Gasteiger partial charge in [-0.25, -0.2) is 0 Å². The van der Waals surface area contributed by atoms with Gasteiger partial charge in [-0.2, -0.15) is 0 Å². The lowest BCUT2D eigenvalue weighted by Gasteiger charge is -2.09. The maximum Gasteiger partial charge on any atom is 0.253 e. The summed E-state index contributed by atoms with van der Waals surface area (Å²) in [7, 11) is 0. The Morgan fingerprint density at radius 2 is 1.81 bits per heavy atom. The minimum Gasteiger partial charge on any atom is -0.398 e. The number of amides is 2. The van der Waals surface area contributed by atoms with Gasteiger partial charge in [0.05, 0.1) is 12.1 Å². The topological polar surface area (TPSA) is 84.2 Å². The fourth-order valence-corrected chi connectivity index (χ4v) is 2.22. The number of nitrogens with one attached hydrogen (secondary N) is 2. The molecule has 0 atom stereocenters. The highest BCUT2D eigenvalue weighted by atomic mass is 16.2. The molecule has 0 aliphatic heterocycles. The van der Waals surface area contributed by atoms with Crippen molar-refractivity contribution in [3.63, 3.8) is 0 Å². The molecule has 5 heteroatoms. The second-order valence-corrected chi connectivity index (χ2v) is 5.31. The zero-order chi connectivity index (χ0) is 14.8. The second-order valence-electron chi connectivity index (χ2n) is 5.31. The van der Waals surface area contributed by atoms with E-state index in [9.17, 15) is 9.59 Å². The van der Waals surface area contributed by atoms with Crippen molar-refractivity contribution in [3.8, 4) is 0 Å². The highest BCUT2D eigenvalue weighted by Crippen LogP contribution is 2.22. The van der Waals surface area contributed by atoms with Crippen LogP contribution in [0.4, 0.5) is 5.69 Å². The van der Waals surface area contributed by atoms with Crippen molar-refractivity contribution in [3.05, 3.63) is 42.0 Å². The van der Waals surface area contributed by atoms with Crippen LogP contribution in [0.2, 0.25) is 0 Å². The molecule has 1 aliphatic rings. The molecule has 0 aromatic heterocycles. The van der Waals surface area contributed by atoms with E-state index in [2.05, 4.69) is 10.6 Å². The summed E-state index contributed by atoms with van der Waals surface area (Å²) in [5.74, 6) is -0.491. The number of hydrogen-bond donors (Lipinski definition) is 3. The van der Waals surface area contributed by atoms with Crippen LogP contribution in [0.3, 0.4) is 0 Å². The summed E-state index contributed by atoms with van der Waals surface area (Å²) in [4.78, 5) is 23.7. The summed E-state index contributed by atoms with van der Waals surface area (Å²) in [5, 5.41) is 7.35. The molecule has 5 nitrogen and oxygen atoms in total. The molecule has 0 heterocycles. The number of carbonyl (C=O) groups is 2. The molecule has 0 unspecified atom stereocenters. The minimum atomic E-state index is -0.329. The summed E-state index contributed by atoms with van der Waals surface area (Å²) < 4.78 is 0. The van der Waals surface area contributed by atoms with Gasteiger partial charge in [-0.05, 0) is 35.7 Å². The lowest BCUT2D eigenvalue weighted by Crippen LogP contribution is -2.38. The average Bonchev–Trinajstić information content (AvgIpc) is 3.28. The average molecular weight is 283 g/mol. The Labute approximate surface area is 122 Å². The summed E-state index contributed by atoms with van der Waals surface area (Å²) in [6.45, 7) is -0.0262. The fraction of sp³-hybridized carbons (Fsp3) is 0.250. The molecule has 2 amide bonds. The third-order valence-electron chi connectivity index (χ3n) is 3.51. The summed E-state index contributed by atoms with van der Waals surface area (Å²) >= 11 is 0. The molecule has 2 aromatic carbocycles. The van der Waals surface area contributed by atoms with E-state index < -0.39 is 0 Å². The molecule has 108 valence electrons. The zero-order valence-electron chi connectivity index (χ0n) is 11.6. The van der Waals surface area contributed by atoms with E-state index in [1.807, 2.05) is 24.3 Å². The molecule has 21 heavy (non-hydrogen) atoms. The molecule has 1 fully saturated rings. The van der Waals surface area contributed by atoms with E-state index in [-0.39, 0.29) is 18.4 Å². The zero-order valence-corrected chi connectivity index (χ0v) is 11.6. The lowest BCUT2D eigenvalue weighted by atomic mass is 10.0. The number of nitrogen functional groups attached to an aromatic ring is 1. The predicted molar refractivity (Wildman–Crippen MR) is 81.9 cm³/mol. The Bertz CT molecular complexity index is 708. The smallest absolute Gasteiger partial charge is 0.253 e. The normalized spacial score (nSPS) is 13.9. The molecule has 0 saturated heterocycles. The van der Waals surface area contributed by atoms with Crippen molar-refractivity contribution in [2.24, 2.45) is 0 Å². The third-order valence-corrected chi connectivity index (χ3v) is 3.51. The number of nitrogens with two attached hydrogens (primary N) is 1. The third kappa shape index (κ3) is 3.13. The van der Waals surface area contributed by atoms with Crippen molar-refractivity contribution in [1.29, 1.82) is 0 Å². The van der Waals surface area contributed by atoms with E-state index in [1.54, 1.807) is 12.1 Å². The van der Waals surface area contributed by atoms with Crippen LogP contribution in [0.25, 0.3) is 10.8 Å². The first-order valence-electron chi connectivity index (χ1n) is 6.99. The molecule has 4 N–H and O–H groups in total. The maximum absolute atomic E-state index is 12.1. The summed E-state index contributed by atoms with van der Waals surface area (Å²) in [6, 6.07) is 11.5. The molecule has 2 aromatic rings. The van der Waals surface area contributed by atoms with Crippen molar-refractivity contribution in [2.75, 3.05) is 12.3 Å². The van der Waals surface area contributed by atoms with Crippen molar-refractivity contribution >= 4 is 28.3 Å². The van der Waals surface area contributed by atoms with E-state index in [0.717, 1.165) is 23.6 Å². The largest absolute Gasteiger partial charge is 0.398 e. The van der Waals surface area contributed by atoms with Gasteiger partial charge in [-0.15, -0.1) is 0 Å². The molecule has 0 spiro atoms. The Balaban J connectivity index is 1.71. The van der Waals surface area contributed by atoms with Gasteiger partial charge in [0.1, 0.15) is 0 Å². The van der Waals surface area contributed by atoms with Crippen LogP contribution in [0.1, 0.15) is 23.2 Å².